The minimum Gasteiger partial charge on any atom is -0.494 e. The number of benzene rings is 2. The molecular weight excluding hydrogens is 458 g/mol. The summed E-state index contributed by atoms with van der Waals surface area (Å²) in [5, 5.41) is 0.425. The molecule has 0 aliphatic rings. The van der Waals surface area contributed by atoms with Crippen LogP contribution >= 0.6 is 0 Å². The van der Waals surface area contributed by atoms with E-state index < -0.39 is 29.8 Å². The van der Waals surface area contributed by atoms with Crippen molar-refractivity contribution in [1.29, 1.82) is 0 Å². The fourth-order valence-corrected chi connectivity index (χ4v) is 3.58. The van der Waals surface area contributed by atoms with Crippen LogP contribution in [0.25, 0.3) is 10.9 Å². The van der Waals surface area contributed by atoms with E-state index in [1.54, 1.807) is 6.92 Å². The number of hydrogen-bond donors (Lipinski definition) is 0. The second-order valence-electron chi connectivity index (χ2n) is 7.53. The van der Waals surface area contributed by atoms with E-state index in [0.717, 1.165) is 24.6 Å². The first-order valence-electron chi connectivity index (χ1n) is 10.5. The Morgan fingerprint density at radius 1 is 1.09 bits per heavy atom. The Bertz CT molecular complexity index is 1200. The van der Waals surface area contributed by atoms with Gasteiger partial charge in [0.25, 0.3) is 5.91 Å². The molecule has 0 aliphatic carbocycles. The second-order valence-corrected chi connectivity index (χ2v) is 7.53. The third-order valence-corrected chi connectivity index (χ3v) is 5.23. The fraction of sp³-hybridized carbons (Fsp3) is 0.333. The predicted molar refractivity (Wildman–Crippen MR) is 116 cm³/mol. The molecule has 0 radical (unpaired) electrons. The van der Waals surface area contributed by atoms with Gasteiger partial charge < -0.3 is 14.2 Å². The molecule has 0 spiro atoms. The largest absolute Gasteiger partial charge is 0.573 e. The normalized spacial score (nSPS) is 11.5. The van der Waals surface area contributed by atoms with E-state index >= 15 is 0 Å². The highest BCUT2D eigenvalue weighted by molar-refractivity contribution is 6.05. The Hall–Kier alpha value is -3.56. The number of carbonyl (C=O) groups is 2. The van der Waals surface area contributed by atoms with Gasteiger partial charge in [0.2, 0.25) is 0 Å². The van der Waals surface area contributed by atoms with Crippen LogP contribution < -0.4 is 9.47 Å². The van der Waals surface area contributed by atoms with Crippen molar-refractivity contribution >= 4 is 22.8 Å². The van der Waals surface area contributed by atoms with E-state index in [9.17, 15) is 27.2 Å². The maximum absolute atomic E-state index is 14.5. The molecule has 3 rings (SSSR count). The first kappa shape index (κ1) is 25.1. The van der Waals surface area contributed by atoms with Crippen LogP contribution in [0.15, 0.2) is 36.4 Å². The van der Waals surface area contributed by atoms with Crippen molar-refractivity contribution in [2.45, 2.75) is 39.5 Å². The quantitative estimate of drug-likeness (QED) is 0.239. The molecule has 0 aliphatic heterocycles. The lowest BCUT2D eigenvalue weighted by atomic mass is 10.1. The lowest BCUT2D eigenvalue weighted by Gasteiger charge is -2.11. The molecule has 10 heteroatoms. The number of fused-ring (bicyclic) bond motifs is 1. The van der Waals surface area contributed by atoms with Crippen molar-refractivity contribution in [3.05, 3.63) is 59.0 Å². The Kier molecular flexibility index (Phi) is 7.48. The van der Waals surface area contributed by atoms with E-state index in [1.807, 2.05) is 6.92 Å². The van der Waals surface area contributed by atoms with Crippen LogP contribution in [0.3, 0.4) is 0 Å². The molecule has 0 N–H and O–H groups in total. The highest BCUT2D eigenvalue weighted by Crippen LogP contribution is 2.33. The first-order chi connectivity index (χ1) is 16.1. The third-order valence-electron chi connectivity index (χ3n) is 5.23. The highest BCUT2D eigenvalue weighted by Gasteiger charge is 2.31. The average molecular weight is 481 g/mol. The molecule has 6 nitrogen and oxygen atoms in total. The molecule has 0 saturated carbocycles. The van der Waals surface area contributed by atoms with Gasteiger partial charge in [0.15, 0.2) is 11.6 Å². The summed E-state index contributed by atoms with van der Waals surface area (Å²) in [6.07, 6.45) is -3.46. The van der Waals surface area contributed by atoms with Gasteiger partial charge in [-0.25, -0.2) is 4.39 Å². The lowest BCUT2D eigenvalue weighted by Crippen LogP contribution is -2.17. The number of alkyl halides is 3. The number of hydrogen-bond acceptors (Lipinski definition) is 5. The third kappa shape index (κ3) is 5.49. The summed E-state index contributed by atoms with van der Waals surface area (Å²) < 4.78 is 67.1. The van der Waals surface area contributed by atoms with Gasteiger partial charge in [-0.15, -0.1) is 13.2 Å². The number of rotatable bonds is 8. The topological polar surface area (TPSA) is 66.8 Å². The van der Waals surface area contributed by atoms with Crippen LogP contribution in [-0.2, 0) is 16.0 Å². The molecule has 1 heterocycles. The Morgan fingerprint density at radius 2 is 1.76 bits per heavy atom. The van der Waals surface area contributed by atoms with Crippen LogP contribution in [0.5, 0.6) is 11.5 Å². The van der Waals surface area contributed by atoms with E-state index in [4.69, 9.17) is 9.47 Å². The summed E-state index contributed by atoms with van der Waals surface area (Å²) in [4.78, 5) is 25.7. The van der Waals surface area contributed by atoms with Crippen molar-refractivity contribution in [1.82, 2.24) is 4.57 Å². The predicted octanol–water partition coefficient (Wildman–Crippen LogP) is 5.57. The molecule has 0 amide bonds. The number of aromatic nitrogens is 1. The van der Waals surface area contributed by atoms with Crippen molar-refractivity contribution < 1.29 is 41.4 Å². The summed E-state index contributed by atoms with van der Waals surface area (Å²) >= 11 is 0. The number of esters is 1. The molecule has 3 aromatic rings. The number of unbranched alkanes of at least 4 members (excludes halogenated alkanes) is 1. The molecule has 0 bridgehead atoms. The Labute approximate surface area is 193 Å². The van der Waals surface area contributed by atoms with Crippen LogP contribution in [0.4, 0.5) is 17.6 Å². The monoisotopic (exact) mass is 481 g/mol. The van der Waals surface area contributed by atoms with Gasteiger partial charge in [-0.2, -0.15) is 0 Å². The number of halogens is 4. The molecule has 34 heavy (non-hydrogen) atoms. The van der Waals surface area contributed by atoms with E-state index in [-0.39, 0.29) is 29.9 Å². The lowest BCUT2D eigenvalue weighted by molar-refractivity contribution is -0.274. The van der Waals surface area contributed by atoms with Crippen molar-refractivity contribution in [3.8, 4) is 11.5 Å². The zero-order chi connectivity index (χ0) is 25.0. The van der Waals surface area contributed by atoms with Gasteiger partial charge in [-0.05, 0) is 49.2 Å². The van der Waals surface area contributed by atoms with E-state index in [0.29, 0.717) is 23.1 Å². The van der Waals surface area contributed by atoms with Crippen LogP contribution in [0, 0.1) is 12.7 Å². The summed E-state index contributed by atoms with van der Waals surface area (Å²) in [5.41, 5.74) is 1.06. The van der Waals surface area contributed by atoms with Crippen molar-refractivity contribution in [2.75, 3.05) is 13.7 Å². The van der Waals surface area contributed by atoms with Gasteiger partial charge in [0.1, 0.15) is 5.75 Å². The standard InChI is InChI=1S/C24H23F4NO5/c1-4-5-10-33-22(30)12-17-14(2)29(20-13-19(25)21(32-3)11-18(17)20)23(31)15-6-8-16(9-7-15)34-24(26,27)28/h6-9,11,13H,4-5,10,12H2,1-3H3. The van der Waals surface area contributed by atoms with E-state index in [2.05, 4.69) is 4.74 Å². The number of carbonyl (C=O) groups excluding carboxylic acids is 2. The summed E-state index contributed by atoms with van der Waals surface area (Å²) in [7, 11) is 1.29. The second kappa shape index (κ2) is 10.1. The number of ether oxygens (including phenoxy) is 3. The molecule has 2 aromatic carbocycles. The van der Waals surface area contributed by atoms with Crippen molar-refractivity contribution in [2.24, 2.45) is 0 Å². The molecule has 0 atom stereocenters. The molecule has 0 saturated heterocycles. The fourth-order valence-electron chi connectivity index (χ4n) is 3.58. The summed E-state index contributed by atoms with van der Waals surface area (Å²) in [5.74, 6) is -2.38. The molecule has 1 aromatic heterocycles. The summed E-state index contributed by atoms with van der Waals surface area (Å²) in [6.45, 7) is 3.81. The maximum atomic E-state index is 14.5. The molecule has 0 unspecified atom stereocenters. The molecular formula is C24H23F4NO5. The van der Waals surface area contributed by atoms with Gasteiger partial charge >= 0.3 is 12.3 Å². The average Bonchev–Trinajstić information content (AvgIpc) is 3.02. The molecule has 182 valence electrons. The van der Waals surface area contributed by atoms with E-state index in [1.165, 1.54) is 29.9 Å². The summed E-state index contributed by atoms with van der Waals surface area (Å²) in [6, 6.07) is 6.89. The zero-order valence-corrected chi connectivity index (χ0v) is 18.8. The van der Waals surface area contributed by atoms with Crippen molar-refractivity contribution in [3.63, 3.8) is 0 Å². The van der Waals surface area contributed by atoms with Crippen LogP contribution in [0.2, 0.25) is 0 Å². The minimum atomic E-state index is -4.87. The number of nitrogens with zero attached hydrogens (tertiary/aromatic N) is 1. The first-order valence-corrected chi connectivity index (χ1v) is 10.5. The zero-order valence-electron chi connectivity index (χ0n) is 18.8. The van der Waals surface area contributed by atoms with Crippen LogP contribution in [0.1, 0.15) is 41.4 Å². The number of methoxy groups -OCH3 is 1. The SMILES string of the molecule is CCCCOC(=O)Cc1c(C)n(C(=O)c2ccc(OC(F)(F)F)cc2)c2cc(F)c(OC)cc12. The Balaban J connectivity index is 2.04. The highest BCUT2D eigenvalue weighted by atomic mass is 19.4. The smallest absolute Gasteiger partial charge is 0.494 e. The van der Waals surface area contributed by atoms with Gasteiger partial charge in [0.05, 0.1) is 25.7 Å². The minimum absolute atomic E-state index is 0.0443. The molecule has 0 fully saturated rings. The maximum Gasteiger partial charge on any atom is 0.573 e. The van der Waals surface area contributed by atoms with Crippen LogP contribution in [-0.4, -0.2) is 36.5 Å². The van der Waals surface area contributed by atoms with Gasteiger partial charge in [0, 0.05) is 22.7 Å². The van der Waals surface area contributed by atoms with Gasteiger partial charge in [-0.1, -0.05) is 13.3 Å². The van der Waals surface area contributed by atoms with Gasteiger partial charge in [-0.3, -0.25) is 14.2 Å². The Morgan fingerprint density at radius 3 is 2.35 bits per heavy atom.